The Morgan fingerprint density at radius 1 is 0.506 bits per heavy atom. The first-order chi connectivity index (χ1) is 39.7. The summed E-state index contributed by atoms with van der Waals surface area (Å²) in [6.07, 6.45) is 68.1. The fourth-order valence-corrected chi connectivity index (χ4v) is 9.39. The zero-order chi connectivity index (χ0) is 58.9. The molecule has 0 radical (unpaired) electrons. The Bertz CT molecular complexity index is 1780. The van der Waals surface area contributed by atoms with Crippen LogP contribution in [0, 0.1) is 0 Å². The molecule has 1 aliphatic heterocycles. The first kappa shape index (κ1) is 75.1. The second-order valence-electron chi connectivity index (χ2n) is 21.8. The molecular weight excluding hydrogens is 1010 g/mol. The molecule has 1 rings (SSSR count). The minimum Gasteiger partial charge on any atom is -0.454 e. The normalized spacial score (nSPS) is 19.5. The van der Waals surface area contributed by atoms with E-state index in [1.54, 1.807) is 6.08 Å². The van der Waals surface area contributed by atoms with Gasteiger partial charge in [0.05, 0.1) is 25.4 Å². The summed E-state index contributed by atoms with van der Waals surface area (Å²) in [6.45, 7) is 5.51. The molecule has 1 aliphatic rings. The van der Waals surface area contributed by atoms with Gasteiger partial charge in [-0.2, -0.15) is 0 Å². The fourth-order valence-electron chi connectivity index (χ4n) is 9.39. The molecule has 11 nitrogen and oxygen atoms in total. The van der Waals surface area contributed by atoms with Crippen LogP contribution in [0.3, 0.4) is 0 Å². The smallest absolute Gasteiger partial charge is 0.306 e. The van der Waals surface area contributed by atoms with Gasteiger partial charge in [0.25, 0.3) is 0 Å². The van der Waals surface area contributed by atoms with Crippen LogP contribution in [-0.4, -0.2) is 99.6 Å². The predicted octanol–water partition coefficient (Wildman–Crippen LogP) is 15.8. The monoisotopic (exact) mass is 1130 g/mol. The van der Waals surface area contributed by atoms with Gasteiger partial charge in [0, 0.05) is 6.42 Å². The SMILES string of the molecule is CC/C=C\C/C=C\C/C=C\C/C=C\C/C=C\CCCCCCCCCCCCC(O)C(=O)NC(COC1OC(CO)C(O)C(O)C1OC(=O)CCCCCCC\C=C/C=C/C=C/C=C/CC)C(O)/C=C/CCCCCCCCCCC. The number of allylic oxidation sites excluding steroid dienone is 19. The van der Waals surface area contributed by atoms with E-state index in [1.807, 2.05) is 42.5 Å². The lowest BCUT2D eigenvalue weighted by molar-refractivity contribution is -0.305. The predicted molar refractivity (Wildman–Crippen MR) is 338 cm³/mol. The Kier molecular flexibility index (Phi) is 52.4. The van der Waals surface area contributed by atoms with Crippen LogP contribution in [-0.2, 0) is 23.8 Å². The van der Waals surface area contributed by atoms with Crippen LogP contribution in [0.25, 0.3) is 0 Å². The first-order valence-corrected chi connectivity index (χ1v) is 32.4. The third kappa shape index (κ3) is 44.3. The van der Waals surface area contributed by atoms with Gasteiger partial charge in [-0.3, -0.25) is 9.59 Å². The molecule has 8 atom stereocenters. The van der Waals surface area contributed by atoms with Crippen molar-refractivity contribution in [1.82, 2.24) is 5.32 Å². The Balaban J connectivity index is 2.61. The number of unbranched alkanes of at least 4 members (excludes halogenated alkanes) is 24. The van der Waals surface area contributed by atoms with Crippen molar-refractivity contribution < 1.29 is 49.3 Å². The minimum atomic E-state index is -1.63. The summed E-state index contributed by atoms with van der Waals surface area (Å²) in [5.74, 6) is -1.23. The molecule has 81 heavy (non-hydrogen) atoms. The molecule has 6 N–H and O–H groups in total. The summed E-state index contributed by atoms with van der Waals surface area (Å²) in [7, 11) is 0. The van der Waals surface area contributed by atoms with Gasteiger partial charge in [-0.15, -0.1) is 0 Å². The summed E-state index contributed by atoms with van der Waals surface area (Å²) >= 11 is 0. The van der Waals surface area contributed by atoms with Gasteiger partial charge in [-0.05, 0) is 89.9 Å². The van der Waals surface area contributed by atoms with Crippen molar-refractivity contribution in [3.63, 3.8) is 0 Å². The second kappa shape index (κ2) is 56.5. The van der Waals surface area contributed by atoms with Crippen molar-refractivity contribution in [3.8, 4) is 0 Å². The van der Waals surface area contributed by atoms with Gasteiger partial charge in [0.1, 0.15) is 24.4 Å². The number of hydrogen-bond donors (Lipinski definition) is 6. The number of carbonyl (C=O) groups is 2. The van der Waals surface area contributed by atoms with Gasteiger partial charge in [-0.1, -0.05) is 271 Å². The molecule has 0 spiro atoms. The van der Waals surface area contributed by atoms with E-state index in [9.17, 15) is 35.1 Å². The van der Waals surface area contributed by atoms with Crippen LogP contribution < -0.4 is 5.32 Å². The number of esters is 1. The van der Waals surface area contributed by atoms with Gasteiger partial charge >= 0.3 is 5.97 Å². The van der Waals surface area contributed by atoms with E-state index in [0.717, 1.165) is 122 Å². The van der Waals surface area contributed by atoms with Gasteiger partial charge < -0.3 is 45.1 Å². The lowest BCUT2D eigenvalue weighted by Gasteiger charge is -2.41. The van der Waals surface area contributed by atoms with E-state index < -0.39 is 67.4 Å². The van der Waals surface area contributed by atoms with E-state index in [1.165, 1.54) is 77.0 Å². The maximum absolute atomic E-state index is 13.4. The Morgan fingerprint density at radius 3 is 1.48 bits per heavy atom. The summed E-state index contributed by atoms with van der Waals surface area (Å²) in [5, 5.41) is 57.0. The molecular formula is C70H117NO10. The number of nitrogens with one attached hydrogen (secondary N) is 1. The number of hydrogen-bond acceptors (Lipinski definition) is 10. The average molecular weight is 1130 g/mol. The lowest BCUT2D eigenvalue weighted by Crippen LogP contribution is -2.61. The quantitative estimate of drug-likeness (QED) is 0.0149. The van der Waals surface area contributed by atoms with Gasteiger partial charge in [0.15, 0.2) is 12.4 Å². The number of rotatable bonds is 53. The highest BCUT2D eigenvalue weighted by Gasteiger charge is 2.47. The standard InChI is InChI=1S/C70H117NO10/c1-4-7-10-13-16-19-22-24-26-27-28-29-30-31-32-33-34-35-36-38-39-42-45-48-51-54-57-63(74)69(78)71-61(62(73)56-53-50-47-44-41-21-18-15-12-9-6-3)60-79-70-68(67(77)66(76)64(59-72)80-70)81-65(75)58-55-52-49-46-43-40-37-25-23-20-17-14-11-8-5-2/h7-8,10-11,14,16-17,19-20,23-26,28-29,31-32,37,53,56,61-64,66-68,70,72-74,76-77H,4-6,9,12-13,15,18,21-22,27,30,33-36,38-52,54-55,57-60H2,1-3H3,(H,71,78)/b10-7-,11-8+,17-14+,19-16-,23-20+,26-24-,29-28-,32-31-,37-25-,56-53+. The number of aliphatic hydroxyl groups is 5. The van der Waals surface area contributed by atoms with Crippen LogP contribution in [0.2, 0.25) is 0 Å². The molecule has 0 aliphatic carbocycles. The fraction of sp³-hybridized carbons (Fsp3) is 0.686. The second-order valence-corrected chi connectivity index (χ2v) is 21.8. The average Bonchev–Trinajstić information content (AvgIpc) is 3.51. The van der Waals surface area contributed by atoms with Crippen molar-refractivity contribution in [3.05, 3.63) is 122 Å². The van der Waals surface area contributed by atoms with Crippen LogP contribution in [0.1, 0.15) is 245 Å². The maximum atomic E-state index is 13.4. The molecule has 11 heteroatoms. The summed E-state index contributed by atoms with van der Waals surface area (Å²) in [4.78, 5) is 26.6. The summed E-state index contributed by atoms with van der Waals surface area (Å²) in [6, 6.07) is -1.04. The Hall–Kier alpha value is -3.94. The molecule has 1 fully saturated rings. The largest absolute Gasteiger partial charge is 0.454 e. The molecule has 0 aromatic rings. The van der Waals surface area contributed by atoms with E-state index in [-0.39, 0.29) is 19.4 Å². The third-order valence-electron chi connectivity index (χ3n) is 14.5. The topological polar surface area (TPSA) is 175 Å². The van der Waals surface area contributed by atoms with Gasteiger partial charge in [0.2, 0.25) is 5.91 Å². The Morgan fingerprint density at radius 2 is 0.951 bits per heavy atom. The molecule has 1 amide bonds. The molecule has 1 saturated heterocycles. The van der Waals surface area contributed by atoms with Crippen LogP contribution in [0.4, 0.5) is 0 Å². The van der Waals surface area contributed by atoms with Crippen LogP contribution in [0.5, 0.6) is 0 Å². The molecule has 1 heterocycles. The van der Waals surface area contributed by atoms with Gasteiger partial charge in [-0.25, -0.2) is 0 Å². The molecule has 0 saturated carbocycles. The maximum Gasteiger partial charge on any atom is 0.306 e. The number of ether oxygens (including phenoxy) is 3. The van der Waals surface area contributed by atoms with Crippen LogP contribution in [0.15, 0.2) is 122 Å². The van der Waals surface area contributed by atoms with E-state index in [4.69, 9.17) is 14.2 Å². The summed E-state index contributed by atoms with van der Waals surface area (Å²) < 4.78 is 17.6. The first-order valence-electron chi connectivity index (χ1n) is 32.4. The van der Waals surface area contributed by atoms with E-state index >= 15 is 0 Å². The molecule has 0 bridgehead atoms. The highest BCUT2D eigenvalue weighted by atomic mass is 16.7. The third-order valence-corrected chi connectivity index (χ3v) is 14.5. The number of carbonyl (C=O) groups excluding carboxylic acids is 2. The summed E-state index contributed by atoms with van der Waals surface area (Å²) in [5.41, 5.74) is 0. The molecule has 8 unspecified atom stereocenters. The number of aliphatic hydroxyl groups excluding tert-OH is 5. The highest BCUT2D eigenvalue weighted by Crippen LogP contribution is 2.26. The van der Waals surface area contributed by atoms with Crippen molar-refractivity contribution in [2.75, 3.05) is 13.2 Å². The van der Waals surface area contributed by atoms with Crippen molar-refractivity contribution in [1.29, 1.82) is 0 Å². The van der Waals surface area contributed by atoms with Crippen molar-refractivity contribution in [2.45, 2.75) is 294 Å². The molecule has 462 valence electrons. The van der Waals surface area contributed by atoms with E-state index in [0.29, 0.717) is 12.8 Å². The number of amides is 1. The lowest BCUT2D eigenvalue weighted by atomic mass is 9.99. The molecule has 0 aromatic heterocycles. The van der Waals surface area contributed by atoms with Crippen LogP contribution >= 0.6 is 0 Å². The molecule has 0 aromatic carbocycles. The van der Waals surface area contributed by atoms with E-state index in [2.05, 4.69) is 99.0 Å². The van der Waals surface area contributed by atoms with Crippen molar-refractivity contribution >= 4 is 11.9 Å². The zero-order valence-corrected chi connectivity index (χ0v) is 51.1. The Labute approximate surface area is 493 Å². The van der Waals surface area contributed by atoms with Crippen molar-refractivity contribution in [2.24, 2.45) is 0 Å². The zero-order valence-electron chi connectivity index (χ0n) is 51.1. The minimum absolute atomic E-state index is 0.0913. The highest BCUT2D eigenvalue weighted by molar-refractivity contribution is 5.80.